The zero-order valence-electron chi connectivity index (χ0n) is 11.4. The molecule has 5 unspecified atom stereocenters. The second kappa shape index (κ2) is 3.97. The van der Waals surface area contributed by atoms with E-state index in [2.05, 4.69) is 4.74 Å². The summed E-state index contributed by atoms with van der Waals surface area (Å²) in [6.07, 6.45) is 2.75. The molecule has 0 radical (unpaired) electrons. The first-order valence-corrected chi connectivity index (χ1v) is 7.19. The molecular weight excluding hydrogens is 280 g/mol. The van der Waals surface area contributed by atoms with Crippen molar-refractivity contribution in [1.29, 1.82) is 0 Å². The van der Waals surface area contributed by atoms with Gasteiger partial charge in [-0.05, 0) is 25.2 Å². The molecule has 5 atom stereocenters. The van der Waals surface area contributed by atoms with Crippen molar-refractivity contribution < 1.29 is 33.7 Å². The summed E-state index contributed by atoms with van der Waals surface area (Å²) in [5.41, 5.74) is -0.857. The summed E-state index contributed by atoms with van der Waals surface area (Å²) in [5.74, 6) is -1.36. The van der Waals surface area contributed by atoms with E-state index in [0.29, 0.717) is 12.3 Å². The first kappa shape index (κ1) is 13.1. The van der Waals surface area contributed by atoms with Crippen LogP contribution in [0.25, 0.3) is 0 Å². The molecule has 4 aliphatic rings. The van der Waals surface area contributed by atoms with Crippen molar-refractivity contribution in [2.24, 2.45) is 17.3 Å². The lowest BCUT2D eigenvalue weighted by molar-refractivity contribution is -0.293. The van der Waals surface area contributed by atoms with Crippen LogP contribution in [0.4, 0.5) is 0 Å². The molecule has 0 amide bonds. The van der Waals surface area contributed by atoms with Gasteiger partial charge in [-0.2, -0.15) is 0 Å². The molecule has 0 aromatic rings. The Kier molecular flexibility index (Phi) is 2.47. The minimum absolute atomic E-state index is 0.150. The summed E-state index contributed by atoms with van der Waals surface area (Å²) in [7, 11) is 0. The number of aliphatic hydroxyl groups is 1. The van der Waals surface area contributed by atoms with Gasteiger partial charge in [-0.1, -0.05) is 0 Å². The third-order valence-corrected chi connectivity index (χ3v) is 5.77. The molecule has 4 fully saturated rings. The standard InChI is InChI=1S/C14H16O7/c15-5-10(16)19-6-11(17)21-13-2-7-1-9-12(18)20-8(3-13)4-14(7,9)13/h7-9,15H,1-6H2. The van der Waals surface area contributed by atoms with E-state index in [0.717, 1.165) is 19.3 Å². The van der Waals surface area contributed by atoms with E-state index in [4.69, 9.17) is 14.6 Å². The van der Waals surface area contributed by atoms with Crippen LogP contribution in [0, 0.1) is 17.3 Å². The monoisotopic (exact) mass is 296 g/mol. The summed E-state index contributed by atoms with van der Waals surface area (Å²) in [5, 5.41) is 8.55. The normalized spacial score (nSPS) is 44.8. The lowest BCUT2D eigenvalue weighted by Gasteiger charge is -2.69. The minimum atomic E-state index is -0.862. The Bertz CT molecular complexity index is 543. The van der Waals surface area contributed by atoms with Crippen molar-refractivity contribution in [1.82, 2.24) is 0 Å². The van der Waals surface area contributed by atoms with Crippen LogP contribution in [0.1, 0.15) is 25.7 Å². The minimum Gasteiger partial charge on any atom is -0.462 e. The van der Waals surface area contributed by atoms with E-state index in [9.17, 15) is 14.4 Å². The van der Waals surface area contributed by atoms with Gasteiger partial charge in [0.2, 0.25) is 0 Å². The predicted octanol–water partition coefficient (Wildman–Crippen LogP) is -0.451. The molecule has 7 heteroatoms. The molecule has 1 aliphatic heterocycles. The van der Waals surface area contributed by atoms with Crippen LogP contribution in [0.3, 0.4) is 0 Å². The Balaban J connectivity index is 1.47. The number of carbonyl (C=O) groups is 3. The van der Waals surface area contributed by atoms with E-state index in [-0.39, 0.29) is 23.4 Å². The second-order valence-corrected chi connectivity index (χ2v) is 6.48. The van der Waals surface area contributed by atoms with Gasteiger partial charge in [0.25, 0.3) is 0 Å². The van der Waals surface area contributed by atoms with Crippen LogP contribution in [0.2, 0.25) is 0 Å². The van der Waals surface area contributed by atoms with Gasteiger partial charge in [0.1, 0.15) is 18.3 Å². The predicted molar refractivity (Wildman–Crippen MR) is 64.6 cm³/mol. The zero-order valence-corrected chi connectivity index (χ0v) is 11.4. The first-order valence-electron chi connectivity index (χ1n) is 7.19. The molecule has 3 saturated carbocycles. The quantitative estimate of drug-likeness (QED) is 0.554. The summed E-state index contributed by atoms with van der Waals surface area (Å²) < 4.78 is 15.6. The van der Waals surface area contributed by atoms with Crippen LogP contribution < -0.4 is 0 Å². The second-order valence-electron chi connectivity index (χ2n) is 6.48. The molecule has 1 spiro atoms. The smallest absolute Gasteiger partial charge is 0.344 e. The number of carbonyl (C=O) groups excluding carboxylic acids is 3. The van der Waals surface area contributed by atoms with Gasteiger partial charge in [0, 0.05) is 11.8 Å². The van der Waals surface area contributed by atoms with Gasteiger partial charge in [-0.25, -0.2) is 9.59 Å². The SMILES string of the molecule is O=C(CO)OCC(=O)OC12CC3CC14C(CC4C(=O)O3)C2. The van der Waals surface area contributed by atoms with Gasteiger partial charge < -0.3 is 19.3 Å². The number of aliphatic hydroxyl groups excluding tert-OH is 1. The Labute approximate surface area is 120 Å². The number of esters is 3. The van der Waals surface area contributed by atoms with Crippen LogP contribution in [-0.4, -0.2) is 47.9 Å². The van der Waals surface area contributed by atoms with E-state index >= 15 is 0 Å². The highest BCUT2D eigenvalue weighted by Gasteiger charge is 2.83. The highest BCUT2D eigenvalue weighted by molar-refractivity contribution is 5.80. The maximum Gasteiger partial charge on any atom is 0.344 e. The Morgan fingerprint density at radius 3 is 2.81 bits per heavy atom. The van der Waals surface area contributed by atoms with Gasteiger partial charge in [0.15, 0.2) is 6.61 Å². The molecule has 1 N–H and O–H groups in total. The van der Waals surface area contributed by atoms with Crippen LogP contribution in [-0.2, 0) is 28.6 Å². The maximum atomic E-state index is 11.9. The molecule has 0 aromatic carbocycles. The molecular formula is C14H16O7. The molecule has 1 saturated heterocycles. The third-order valence-electron chi connectivity index (χ3n) is 5.77. The lowest BCUT2D eigenvalue weighted by Crippen LogP contribution is -2.74. The van der Waals surface area contributed by atoms with Gasteiger partial charge in [-0.3, -0.25) is 4.79 Å². The van der Waals surface area contributed by atoms with E-state index in [1.165, 1.54) is 0 Å². The van der Waals surface area contributed by atoms with Crippen LogP contribution in [0.5, 0.6) is 0 Å². The average molecular weight is 296 g/mol. The van der Waals surface area contributed by atoms with Gasteiger partial charge >= 0.3 is 17.9 Å². The molecule has 7 nitrogen and oxygen atoms in total. The fourth-order valence-electron chi connectivity index (χ4n) is 5.07. The van der Waals surface area contributed by atoms with Gasteiger partial charge in [-0.15, -0.1) is 0 Å². The molecule has 114 valence electrons. The van der Waals surface area contributed by atoms with E-state index in [1.54, 1.807) is 0 Å². The zero-order chi connectivity index (χ0) is 14.8. The Morgan fingerprint density at radius 1 is 1.29 bits per heavy atom. The van der Waals surface area contributed by atoms with Crippen molar-refractivity contribution in [3.8, 4) is 0 Å². The summed E-state index contributed by atoms with van der Waals surface area (Å²) in [4.78, 5) is 34.6. The maximum absolute atomic E-state index is 11.9. The molecule has 3 aliphatic carbocycles. The molecule has 4 rings (SSSR count). The Morgan fingerprint density at radius 2 is 2.10 bits per heavy atom. The van der Waals surface area contributed by atoms with Crippen molar-refractivity contribution in [3.05, 3.63) is 0 Å². The topological polar surface area (TPSA) is 99.1 Å². The fourth-order valence-corrected chi connectivity index (χ4v) is 5.07. The molecule has 1 heterocycles. The van der Waals surface area contributed by atoms with Crippen LogP contribution in [0.15, 0.2) is 0 Å². The van der Waals surface area contributed by atoms with Gasteiger partial charge in [0.05, 0.1) is 5.92 Å². The number of ether oxygens (including phenoxy) is 3. The molecule has 21 heavy (non-hydrogen) atoms. The van der Waals surface area contributed by atoms with E-state index in [1.807, 2.05) is 0 Å². The highest BCUT2D eigenvalue weighted by Crippen LogP contribution is 2.79. The Hall–Kier alpha value is -1.63. The number of rotatable bonds is 4. The number of fused-ring (bicyclic) bond motifs is 1. The number of hydrogen-bond acceptors (Lipinski definition) is 7. The summed E-state index contributed by atoms with van der Waals surface area (Å²) >= 11 is 0. The number of hydrogen-bond donors (Lipinski definition) is 1. The summed E-state index contributed by atoms with van der Waals surface area (Å²) in [6.45, 7) is -1.27. The van der Waals surface area contributed by atoms with Crippen molar-refractivity contribution in [3.63, 3.8) is 0 Å². The molecule has 0 aromatic heterocycles. The largest absolute Gasteiger partial charge is 0.462 e. The molecule has 2 bridgehead atoms. The van der Waals surface area contributed by atoms with E-state index < -0.39 is 30.8 Å². The first-order chi connectivity index (χ1) is 10.0. The van der Waals surface area contributed by atoms with Crippen molar-refractivity contribution in [2.45, 2.75) is 37.4 Å². The highest BCUT2D eigenvalue weighted by atomic mass is 16.6. The van der Waals surface area contributed by atoms with Crippen molar-refractivity contribution >= 4 is 17.9 Å². The lowest BCUT2D eigenvalue weighted by atomic mass is 9.36. The fraction of sp³-hybridized carbons (Fsp3) is 0.786. The summed E-state index contributed by atoms with van der Waals surface area (Å²) in [6, 6.07) is 0. The van der Waals surface area contributed by atoms with Crippen LogP contribution >= 0.6 is 0 Å². The average Bonchev–Trinajstić information content (AvgIpc) is 2.73. The van der Waals surface area contributed by atoms with Crippen molar-refractivity contribution in [2.75, 3.05) is 13.2 Å². The third kappa shape index (κ3) is 1.44.